The number of carbonyl (C=O) groups is 2. The summed E-state index contributed by atoms with van der Waals surface area (Å²) in [7, 11) is 0. The standard InChI is InChI=1S/C22H25N3O3/c1-15(2)18-6-4-17(5-7-18)8-10-23-21(26)14-28-22(27)19-13-25-11-9-16(3)12-20(25)24-19/h4-7,9,11-13,15H,8,10,14H2,1-3H3,(H,23,26). The summed E-state index contributed by atoms with van der Waals surface area (Å²) >= 11 is 0. The second kappa shape index (κ2) is 8.69. The molecule has 1 amide bonds. The minimum atomic E-state index is -0.610. The van der Waals surface area contributed by atoms with Gasteiger partial charge >= 0.3 is 5.97 Å². The number of nitrogens with one attached hydrogen (secondary N) is 1. The molecule has 0 aliphatic rings. The molecule has 0 spiro atoms. The quantitative estimate of drug-likeness (QED) is 0.640. The molecule has 3 aromatic rings. The molecule has 1 N–H and O–H groups in total. The zero-order valence-electron chi connectivity index (χ0n) is 16.4. The van der Waals surface area contributed by atoms with E-state index in [2.05, 4.69) is 48.4 Å². The number of hydrogen-bond donors (Lipinski definition) is 1. The van der Waals surface area contributed by atoms with Crippen LogP contribution in [-0.2, 0) is 16.0 Å². The molecule has 3 rings (SSSR count). The van der Waals surface area contributed by atoms with Gasteiger partial charge in [-0.25, -0.2) is 9.78 Å². The summed E-state index contributed by atoms with van der Waals surface area (Å²) in [6, 6.07) is 12.2. The molecule has 146 valence electrons. The highest BCUT2D eigenvalue weighted by Crippen LogP contribution is 2.14. The van der Waals surface area contributed by atoms with Gasteiger partial charge in [0.15, 0.2) is 12.3 Å². The molecule has 2 heterocycles. The Labute approximate surface area is 164 Å². The van der Waals surface area contributed by atoms with Gasteiger partial charge in [0.1, 0.15) is 5.65 Å². The van der Waals surface area contributed by atoms with E-state index in [1.165, 1.54) is 5.56 Å². The summed E-state index contributed by atoms with van der Waals surface area (Å²) < 4.78 is 6.81. The average Bonchev–Trinajstić information content (AvgIpc) is 3.09. The third kappa shape index (κ3) is 4.97. The summed E-state index contributed by atoms with van der Waals surface area (Å²) in [6.07, 6.45) is 4.15. The van der Waals surface area contributed by atoms with E-state index in [9.17, 15) is 9.59 Å². The molecule has 0 radical (unpaired) electrons. The first-order chi connectivity index (χ1) is 13.4. The number of carbonyl (C=O) groups excluding carboxylic acids is 2. The van der Waals surface area contributed by atoms with E-state index < -0.39 is 5.97 Å². The molecule has 2 aromatic heterocycles. The van der Waals surface area contributed by atoms with Crippen LogP contribution < -0.4 is 5.32 Å². The second-order valence-corrected chi connectivity index (χ2v) is 7.17. The van der Waals surface area contributed by atoms with Crippen LogP contribution in [0.5, 0.6) is 0 Å². The third-order valence-corrected chi connectivity index (χ3v) is 4.54. The van der Waals surface area contributed by atoms with E-state index in [0.29, 0.717) is 18.1 Å². The molecule has 0 fully saturated rings. The number of imidazole rings is 1. The normalized spacial score (nSPS) is 11.0. The predicted molar refractivity (Wildman–Crippen MR) is 107 cm³/mol. The summed E-state index contributed by atoms with van der Waals surface area (Å²) in [4.78, 5) is 28.3. The van der Waals surface area contributed by atoms with Crippen molar-refractivity contribution < 1.29 is 14.3 Å². The number of esters is 1. The lowest BCUT2D eigenvalue weighted by Gasteiger charge is -2.08. The smallest absolute Gasteiger partial charge is 0.359 e. The number of pyridine rings is 1. The molecule has 0 saturated carbocycles. The van der Waals surface area contributed by atoms with Crippen LogP contribution in [0, 0.1) is 6.92 Å². The third-order valence-electron chi connectivity index (χ3n) is 4.54. The highest BCUT2D eigenvalue weighted by Gasteiger charge is 2.14. The fraction of sp³-hybridized carbons (Fsp3) is 0.318. The van der Waals surface area contributed by atoms with Crippen molar-refractivity contribution >= 4 is 17.5 Å². The SMILES string of the molecule is Cc1ccn2cc(C(=O)OCC(=O)NCCc3ccc(C(C)C)cc3)nc2c1. The van der Waals surface area contributed by atoms with E-state index in [1.807, 2.05) is 25.3 Å². The number of aromatic nitrogens is 2. The molecule has 0 bridgehead atoms. The van der Waals surface area contributed by atoms with Crippen LogP contribution in [0.1, 0.15) is 46.9 Å². The highest BCUT2D eigenvalue weighted by molar-refractivity contribution is 5.90. The van der Waals surface area contributed by atoms with E-state index in [-0.39, 0.29) is 18.2 Å². The van der Waals surface area contributed by atoms with Crippen molar-refractivity contribution in [2.45, 2.75) is 33.1 Å². The number of amides is 1. The van der Waals surface area contributed by atoms with Gasteiger partial charge in [-0.1, -0.05) is 38.1 Å². The maximum Gasteiger partial charge on any atom is 0.359 e. The molecule has 0 aliphatic heterocycles. The van der Waals surface area contributed by atoms with Crippen LogP contribution in [0.2, 0.25) is 0 Å². The minimum Gasteiger partial charge on any atom is -0.451 e. The fourth-order valence-corrected chi connectivity index (χ4v) is 2.85. The fourth-order valence-electron chi connectivity index (χ4n) is 2.85. The van der Waals surface area contributed by atoms with Crippen molar-refractivity contribution in [2.75, 3.05) is 13.2 Å². The molecule has 0 aliphatic carbocycles. The molecule has 1 aromatic carbocycles. The first-order valence-electron chi connectivity index (χ1n) is 9.40. The number of ether oxygens (including phenoxy) is 1. The Morgan fingerprint density at radius 3 is 2.64 bits per heavy atom. The van der Waals surface area contributed by atoms with Gasteiger partial charge in [-0.05, 0) is 48.1 Å². The van der Waals surface area contributed by atoms with Gasteiger partial charge in [0.05, 0.1) is 0 Å². The van der Waals surface area contributed by atoms with Gasteiger partial charge in [-0.2, -0.15) is 0 Å². The first-order valence-corrected chi connectivity index (χ1v) is 9.40. The van der Waals surface area contributed by atoms with E-state index in [4.69, 9.17) is 4.74 Å². The monoisotopic (exact) mass is 379 g/mol. The Kier molecular flexibility index (Phi) is 6.09. The van der Waals surface area contributed by atoms with Crippen molar-refractivity contribution in [3.63, 3.8) is 0 Å². The predicted octanol–water partition coefficient (Wildman–Crippen LogP) is 3.28. The Hall–Kier alpha value is -3.15. The van der Waals surface area contributed by atoms with Gasteiger partial charge in [0.25, 0.3) is 5.91 Å². The number of nitrogens with zero attached hydrogens (tertiary/aromatic N) is 2. The zero-order valence-corrected chi connectivity index (χ0v) is 16.4. The Morgan fingerprint density at radius 1 is 1.18 bits per heavy atom. The Bertz CT molecular complexity index is 974. The Morgan fingerprint density at radius 2 is 1.93 bits per heavy atom. The van der Waals surface area contributed by atoms with Crippen molar-refractivity contribution in [3.8, 4) is 0 Å². The van der Waals surface area contributed by atoms with Crippen LogP contribution >= 0.6 is 0 Å². The molecule has 0 atom stereocenters. The van der Waals surface area contributed by atoms with E-state index >= 15 is 0 Å². The van der Waals surface area contributed by atoms with E-state index in [1.54, 1.807) is 10.6 Å². The molecular formula is C22H25N3O3. The van der Waals surface area contributed by atoms with Gasteiger partial charge in [0.2, 0.25) is 0 Å². The zero-order chi connectivity index (χ0) is 20.1. The maximum absolute atomic E-state index is 12.1. The van der Waals surface area contributed by atoms with Crippen LogP contribution in [0.15, 0.2) is 48.8 Å². The number of aryl methyl sites for hydroxylation is 1. The van der Waals surface area contributed by atoms with Gasteiger partial charge < -0.3 is 14.5 Å². The highest BCUT2D eigenvalue weighted by atomic mass is 16.5. The number of hydrogen-bond acceptors (Lipinski definition) is 4. The van der Waals surface area contributed by atoms with Gasteiger partial charge in [-0.3, -0.25) is 4.79 Å². The molecular weight excluding hydrogens is 354 g/mol. The first kappa shape index (κ1) is 19.6. The summed E-state index contributed by atoms with van der Waals surface area (Å²) in [6.45, 7) is 6.44. The molecule has 6 heteroatoms. The molecule has 28 heavy (non-hydrogen) atoms. The molecule has 0 saturated heterocycles. The van der Waals surface area contributed by atoms with Crippen molar-refractivity contribution in [2.24, 2.45) is 0 Å². The van der Waals surface area contributed by atoms with E-state index in [0.717, 1.165) is 17.5 Å². The minimum absolute atomic E-state index is 0.184. The molecule has 0 unspecified atom stereocenters. The average molecular weight is 379 g/mol. The van der Waals surface area contributed by atoms with Gasteiger partial charge in [-0.15, -0.1) is 0 Å². The summed E-state index contributed by atoms with van der Waals surface area (Å²) in [5, 5.41) is 2.77. The van der Waals surface area contributed by atoms with Crippen LogP contribution in [-0.4, -0.2) is 34.4 Å². The lowest BCUT2D eigenvalue weighted by molar-refractivity contribution is -0.124. The lowest BCUT2D eigenvalue weighted by Crippen LogP contribution is -2.30. The summed E-state index contributed by atoms with van der Waals surface area (Å²) in [5.41, 5.74) is 4.35. The van der Waals surface area contributed by atoms with Gasteiger partial charge in [0, 0.05) is 18.9 Å². The maximum atomic E-state index is 12.1. The lowest BCUT2D eigenvalue weighted by atomic mass is 10.0. The Balaban J connectivity index is 1.43. The van der Waals surface area contributed by atoms with Crippen LogP contribution in [0.4, 0.5) is 0 Å². The topological polar surface area (TPSA) is 72.7 Å². The van der Waals surface area contributed by atoms with Crippen molar-refractivity contribution in [1.82, 2.24) is 14.7 Å². The number of rotatable bonds is 7. The van der Waals surface area contributed by atoms with Crippen LogP contribution in [0.25, 0.3) is 5.65 Å². The largest absolute Gasteiger partial charge is 0.451 e. The number of benzene rings is 1. The summed E-state index contributed by atoms with van der Waals surface area (Å²) in [5.74, 6) is -0.437. The number of fused-ring (bicyclic) bond motifs is 1. The van der Waals surface area contributed by atoms with Crippen molar-refractivity contribution in [3.05, 3.63) is 71.2 Å². The van der Waals surface area contributed by atoms with Crippen molar-refractivity contribution in [1.29, 1.82) is 0 Å². The second-order valence-electron chi connectivity index (χ2n) is 7.17. The van der Waals surface area contributed by atoms with Crippen LogP contribution in [0.3, 0.4) is 0 Å². The molecule has 6 nitrogen and oxygen atoms in total.